The van der Waals surface area contributed by atoms with Gasteiger partial charge in [0.15, 0.2) is 0 Å². The number of nitrogens with zero attached hydrogens (tertiary/aromatic N) is 1. The standard InChI is InChI=1S/C9H13FN2O/c10-4-1-5-13-9-3-2-8(6-11)12-7-9/h2-3,7H,1,4-6,11H2. The molecule has 72 valence electrons. The molecule has 0 bridgehead atoms. The Morgan fingerprint density at radius 1 is 1.46 bits per heavy atom. The Labute approximate surface area is 76.7 Å². The molecule has 0 saturated heterocycles. The maximum Gasteiger partial charge on any atom is 0.137 e. The lowest BCUT2D eigenvalue weighted by Crippen LogP contribution is -2.01. The van der Waals surface area contributed by atoms with Crippen molar-refractivity contribution < 1.29 is 9.13 Å². The first-order chi connectivity index (χ1) is 6.36. The normalized spacial score (nSPS) is 10.0. The SMILES string of the molecule is NCc1ccc(OCCCF)cn1. The first-order valence-corrected chi connectivity index (χ1v) is 4.20. The van der Waals surface area contributed by atoms with Crippen LogP contribution < -0.4 is 10.5 Å². The number of alkyl halides is 1. The number of halogens is 1. The van der Waals surface area contributed by atoms with Gasteiger partial charge >= 0.3 is 0 Å². The summed E-state index contributed by atoms with van der Waals surface area (Å²) < 4.78 is 16.9. The lowest BCUT2D eigenvalue weighted by Gasteiger charge is -2.04. The number of aromatic nitrogens is 1. The zero-order chi connectivity index (χ0) is 9.52. The molecule has 1 aromatic rings. The van der Waals surface area contributed by atoms with Crippen LogP contribution in [0.5, 0.6) is 5.75 Å². The molecule has 0 aromatic carbocycles. The molecule has 0 radical (unpaired) electrons. The number of nitrogens with two attached hydrogens (primary N) is 1. The van der Waals surface area contributed by atoms with Gasteiger partial charge < -0.3 is 10.5 Å². The summed E-state index contributed by atoms with van der Waals surface area (Å²) in [6, 6.07) is 3.58. The fourth-order valence-corrected chi connectivity index (χ4v) is 0.862. The van der Waals surface area contributed by atoms with Crippen molar-refractivity contribution in [3.63, 3.8) is 0 Å². The second-order valence-corrected chi connectivity index (χ2v) is 2.58. The van der Waals surface area contributed by atoms with Gasteiger partial charge in [0, 0.05) is 13.0 Å². The van der Waals surface area contributed by atoms with E-state index in [1.54, 1.807) is 18.3 Å². The Hall–Kier alpha value is -1.16. The van der Waals surface area contributed by atoms with E-state index in [-0.39, 0.29) is 6.67 Å². The summed E-state index contributed by atoms with van der Waals surface area (Å²) >= 11 is 0. The van der Waals surface area contributed by atoms with E-state index in [1.807, 2.05) is 0 Å². The van der Waals surface area contributed by atoms with Crippen molar-refractivity contribution in [2.24, 2.45) is 5.73 Å². The minimum atomic E-state index is -0.353. The summed E-state index contributed by atoms with van der Waals surface area (Å²) in [7, 11) is 0. The Bertz CT molecular complexity index is 238. The quantitative estimate of drug-likeness (QED) is 0.701. The zero-order valence-corrected chi connectivity index (χ0v) is 7.37. The monoisotopic (exact) mass is 184 g/mol. The number of hydrogen-bond acceptors (Lipinski definition) is 3. The van der Waals surface area contributed by atoms with Gasteiger partial charge in [0.05, 0.1) is 25.2 Å². The van der Waals surface area contributed by atoms with E-state index in [2.05, 4.69) is 4.98 Å². The highest BCUT2D eigenvalue weighted by Crippen LogP contribution is 2.08. The molecule has 0 aliphatic rings. The van der Waals surface area contributed by atoms with Crippen LogP contribution in [0.15, 0.2) is 18.3 Å². The molecule has 3 nitrogen and oxygen atoms in total. The third-order valence-electron chi connectivity index (χ3n) is 1.55. The maximum absolute atomic E-state index is 11.7. The molecule has 2 N–H and O–H groups in total. The molecular weight excluding hydrogens is 171 g/mol. The van der Waals surface area contributed by atoms with Gasteiger partial charge in [0.1, 0.15) is 5.75 Å². The molecule has 0 spiro atoms. The third kappa shape index (κ3) is 3.38. The summed E-state index contributed by atoms with van der Waals surface area (Å²) in [6.07, 6.45) is 2.01. The largest absolute Gasteiger partial charge is 0.492 e. The van der Waals surface area contributed by atoms with Crippen LogP contribution in [0.1, 0.15) is 12.1 Å². The number of hydrogen-bond donors (Lipinski definition) is 1. The van der Waals surface area contributed by atoms with Gasteiger partial charge in [-0.15, -0.1) is 0 Å². The van der Waals surface area contributed by atoms with E-state index in [4.69, 9.17) is 10.5 Å². The predicted molar refractivity (Wildman–Crippen MR) is 48.2 cm³/mol. The Morgan fingerprint density at radius 3 is 2.85 bits per heavy atom. The smallest absolute Gasteiger partial charge is 0.137 e. The molecule has 0 unspecified atom stereocenters. The first kappa shape index (κ1) is 9.92. The van der Waals surface area contributed by atoms with E-state index >= 15 is 0 Å². The van der Waals surface area contributed by atoms with Crippen LogP contribution in [-0.2, 0) is 6.54 Å². The summed E-state index contributed by atoms with van der Waals surface area (Å²) in [6.45, 7) is 0.458. The van der Waals surface area contributed by atoms with E-state index in [0.29, 0.717) is 25.3 Å². The van der Waals surface area contributed by atoms with Crippen LogP contribution in [0, 0.1) is 0 Å². The second-order valence-electron chi connectivity index (χ2n) is 2.58. The van der Waals surface area contributed by atoms with Crippen molar-refractivity contribution in [1.82, 2.24) is 4.98 Å². The van der Waals surface area contributed by atoms with Crippen LogP contribution in [0.4, 0.5) is 4.39 Å². The molecule has 0 saturated carbocycles. The lowest BCUT2D eigenvalue weighted by atomic mass is 10.3. The number of rotatable bonds is 5. The van der Waals surface area contributed by atoms with E-state index < -0.39 is 0 Å². The minimum absolute atomic E-state index is 0.353. The average molecular weight is 184 g/mol. The summed E-state index contributed by atoms with van der Waals surface area (Å²) in [5, 5.41) is 0. The van der Waals surface area contributed by atoms with Gasteiger partial charge in [-0.25, -0.2) is 0 Å². The fourth-order valence-electron chi connectivity index (χ4n) is 0.862. The second kappa shape index (κ2) is 5.48. The highest BCUT2D eigenvalue weighted by atomic mass is 19.1. The molecule has 0 aliphatic heterocycles. The highest BCUT2D eigenvalue weighted by Gasteiger charge is 1.94. The van der Waals surface area contributed by atoms with Gasteiger partial charge in [-0.1, -0.05) is 0 Å². The average Bonchev–Trinajstić information content (AvgIpc) is 2.19. The van der Waals surface area contributed by atoms with Crippen molar-refractivity contribution in [3.8, 4) is 5.75 Å². The lowest BCUT2D eigenvalue weighted by molar-refractivity contribution is 0.288. The molecule has 4 heteroatoms. The van der Waals surface area contributed by atoms with Crippen LogP contribution in [0.25, 0.3) is 0 Å². The van der Waals surface area contributed by atoms with Crippen LogP contribution in [0.2, 0.25) is 0 Å². The van der Waals surface area contributed by atoms with E-state index in [1.165, 1.54) is 0 Å². The third-order valence-corrected chi connectivity index (χ3v) is 1.55. The Kier molecular flexibility index (Phi) is 4.18. The molecule has 0 fully saturated rings. The Balaban J connectivity index is 2.40. The fraction of sp³-hybridized carbons (Fsp3) is 0.444. The number of ether oxygens (including phenoxy) is 1. The summed E-state index contributed by atoms with van der Waals surface area (Å²) in [5.41, 5.74) is 6.19. The van der Waals surface area contributed by atoms with E-state index in [9.17, 15) is 4.39 Å². The predicted octanol–water partition coefficient (Wildman–Crippen LogP) is 1.28. The molecule has 0 atom stereocenters. The van der Waals surface area contributed by atoms with Crippen molar-refractivity contribution >= 4 is 0 Å². The summed E-state index contributed by atoms with van der Waals surface area (Å²) in [4.78, 5) is 4.03. The zero-order valence-electron chi connectivity index (χ0n) is 7.37. The Morgan fingerprint density at radius 2 is 2.31 bits per heavy atom. The highest BCUT2D eigenvalue weighted by molar-refractivity contribution is 5.19. The molecule has 0 amide bonds. The van der Waals surface area contributed by atoms with Gasteiger partial charge in [-0.3, -0.25) is 9.37 Å². The molecular formula is C9H13FN2O. The van der Waals surface area contributed by atoms with Crippen molar-refractivity contribution in [2.75, 3.05) is 13.3 Å². The first-order valence-electron chi connectivity index (χ1n) is 4.20. The maximum atomic E-state index is 11.7. The molecule has 1 aromatic heterocycles. The van der Waals surface area contributed by atoms with Crippen LogP contribution in [-0.4, -0.2) is 18.3 Å². The minimum Gasteiger partial charge on any atom is -0.492 e. The molecule has 1 rings (SSSR count). The van der Waals surface area contributed by atoms with Gasteiger partial charge in [-0.05, 0) is 12.1 Å². The van der Waals surface area contributed by atoms with Gasteiger partial charge in [0.25, 0.3) is 0 Å². The topological polar surface area (TPSA) is 48.1 Å². The van der Waals surface area contributed by atoms with Crippen LogP contribution in [0.3, 0.4) is 0 Å². The molecule has 1 heterocycles. The van der Waals surface area contributed by atoms with E-state index in [0.717, 1.165) is 5.69 Å². The van der Waals surface area contributed by atoms with Crippen molar-refractivity contribution in [3.05, 3.63) is 24.0 Å². The summed E-state index contributed by atoms with van der Waals surface area (Å²) in [5.74, 6) is 0.658. The van der Waals surface area contributed by atoms with Gasteiger partial charge in [-0.2, -0.15) is 0 Å². The van der Waals surface area contributed by atoms with Gasteiger partial charge in [0.2, 0.25) is 0 Å². The van der Waals surface area contributed by atoms with Crippen molar-refractivity contribution in [2.45, 2.75) is 13.0 Å². The molecule has 13 heavy (non-hydrogen) atoms. The number of pyridine rings is 1. The molecule has 0 aliphatic carbocycles. The van der Waals surface area contributed by atoms with Crippen molar-refractivity contribution in [1.29, 1.82) is 0 Å². The van der Waals surface area contributed by atoms with Crippen LogP contribution >= 0.6 is 0 Å².